The van der Waals surface area contributed by atoms with Crippen molar-refractivity contribution in [3.8, 4) is 10.4 Å². The molecule has 2 aromatic heterocycles. The Morgan fingerprint density at radius 3 is 2.70 bits per heavy atom. The Labute approximate surface area is 197 Å². The largest absolute Gasteiger partial charge is 0.375 e. The fourth-order valence-electron chi connectivity index (χ4n) is 4.18. The summed E-state index contributed by atoms with van der Waals surface area (Å²) in [6.07, 6.45) is 3.03. The van der Waals surface area contributed by atoms with Gasteiger partial charge in [0, 0.05) is 19.5 Å². The van der Waals surface area contributed by atoms with Crippen LogP contribution in [0.5, 0.6) is 0 Å². The van der Waals surface area contributed by atoms with E-state index in [0.29, 0.717) is 29.7 Å². The first-order valence-electron chi connectivity index (χ1n) is 11.5. The summed E-state index contributed by atoms with van der Waals surface area (Å²) >= 11 is 1.38. The van der Waals surface area contributed by atoms with Gasteiger partial charge in [0.15, 0.2) is 5.13 Å². The topological polar surface area (TPSA) is 87.9 Å². The zero-order chi connectivity index (χ0) is 23.1. The van der Waals surface area contributed by atoms with Crippen molar-refractivity contribution in [1.82, 2.24) is 19.9 Å². The molecule has 7 heteroatoms. The first-order valence-corrected chi connectivity index (χ1v) is 12.3. The molecule has 33 heavy (non-hydrogen) atoms. The summed E-state index contributed by atoms with van der Waals surface area (Å²) in [5.41, 5.74) is 13.1. The fraction of sp³-hybridized carbons (Fsp3) is 0.346. The van der Waals surface area contributed by atoms with E-state index in [-0.39, 0.29) is 5.91 Å². The third-order valence-corrected chi connectivity index (χ3v) is 7.29. The Balaban J connectivity index is 1.40. The third kappa shape index (κ3) is 4.64. The van der Waals surface area contributed by atoms with Crippen LogP contribution >= 0.6 is 11.3 Å². The molecule has 3 N–H and O–H groups in total. The van der Waals surface area contributed by atoms with Crippen LogP contribution in [0.15, 0.2) is 36.4 Å². The van der Waals surface area contributed by atoms with Crippen molar-refractivity contribution in [1.29, 1.82) is 0 Å². The number of benzene rings is 2. The number of nitrogens with two attached hydrogens (primary N) is 1. The van der Waals surface area contributed by atoms with Crippen LogP contribution in [0, 0.1) is 26.7 Å². The molecule has 0 unspecified atom stereocenters. The molecule has 1 saturated carbocycles. The number of aryl methyl sites for hydroxylation is 3. The molecule has 1 aliphatic rings. The van der Waals surface area contributed by atoms with Crippen molar-refractivity contribution in [2.24, 2.45) is 5.92 Å². The number of carbonyl (C=O) groups excluding carboxylic acids is 1. The number of H-pyrrole nitrogens is 1. The summed E-state index contributed by atoms with van der Waals surface area (Å²) in [6, 6.07) is 12.4. The molecule has 6 nitrogen and oxygen atoms in total. The Kier molecular flexibility index (Phi) is 5.66. The maximum Gasteiger partial charge on any atom is 0.274 e. The Morgan fingerprint density at radius 1 is 1.15 bits per heavy atom. The highest BCUT2D eigenvalue weighted by molar-refractivity contribution is 7.19. The number of fused-ring (bicyclic) bond motifs is 1. The van der Waals surface area contributed by atoms with Gasteiger partial charge in [-0.3, -0.25) is 4.79 Å². The molecule has 0 aliphatic heterocycles. The van der Waals surface area contributed by atoms with E-state index >= 15 is 0 Å². The van der Waals surface area contributed by atoms with Crippen molar-refractivity contribution >= 4 is 33.4 Å². The van der Waals surface area contributed by atoms with E-state index in [1.807, 2.05) is 30.0 Å². The molecule has 1 aliphatic carbocycles. The molecule has 4 aromatic rings. The minimum absolute atomic E-state index is 0.0471. The van der Waals surface area contributed by atoms with Gasteiger partial charge in [0.1, 0.15) is 11.5 Å². The lowest BCUT2D eigenvalue weighted by molar-refractivity contribution is 0.0744. The third-order valence-electron chi connectivity index (χ3n) is 6.35. The van der Waals surface area contributed by atoms with Crippen LogP contribution in [0.2, 0.25) is 0 Å². The maximum atomic E-state index is 13.7. The Bertz CT molecular complexity index is 1290. The molecule has 0 saturated heterocycles. The number of thiazole rings is 1. The highest BCUT2D eigenvalue weighted by Crippen LogP contribution is 2.35. The normalized spacial score (nSPS) is 13.5. The van der Waals surface area contributed by atoms with Gasteiger partial charge in [-0.25, -0.2) is 9.97 Å². The van der Waals surface area contributed by atoms with Gasteiger partial charge in [0.2, 0.25) is 0 Å². The van der Waals surface area contributed by atoms with Crippen LogP contribution in [-0.4, -0.2) is 38.8 Å². The molecule has 0 radical (unpaired) electrons. The Hall–Kier alpha value is -3.19. The molecule has 1 fully saturated rings. The predicted octanol–water partition coefficient (Wildman–Crippen LogP) is 5.29. The van der Waals surface area contributed by atoms with Gasteiger partial charge in [-0.2, -0.15) is 0 Å². The van der Waals surface area contributed by atoms with Crippen molar-refractivity contribution in [2.75, 3.05) is 18.8 Å². The summed E-state index contributed by atoms with van der Waals surface area (Å²) in [5.74, 6) is 1.43. The van der Waals surface area contributed by atoms with Crippen LogP contribution in [0.1, 0.15) is 45.8 Å². The fourth-order valence-corrected chi connectivity index (χ4v) is 5.00. The number of nitrogens with zero attached hydrogens (tertiary/aromatic N) is 3. The van der Waals surface area contributed by atoms with Crippen molar-refractivity contribution in [3.63, 3.8) is 0 Å². The zero-order valence-corrected chi connectivity index (χ0v) is 20.1. The number of rotatable bonds is 7. The number of amides is 1. The second kappa shape index (κ2) is 8.63. The van der Waals surface area contributed by atoms with Crippen LogP contribution in [0.25, 0.3) is 21.5 Å². The van der Waals surface area contributed by atoms with Crippen molar-refractivity contribution in [3.05, 3.63) is 64.6 Å². The number of aromatic amines is 1. The maximum absolute atomic E-state index is 13.7. The van der Waals surface area contributed by atoms with E-state index in [1.54, 1.807) is 0 Å². The van der Waals surface area contributed by atoms with Crippen LogP contribution in [-0.2, 0) is 6.42 Å². The monoisotopic (exact) mass is 459 g/mol. The smallest absolute Gasteiger partial charge is 0.274 e. The van der Waals surface area contributed by atoms with E-state index in [2.05, 4.69) is 42.0 Å². The van der Waals surface area contributed by atoms with Gasteiger partial charge in [-0.05, 0) is 68.4 Å². The first-order chi connectivity index (χ1) is 15.9. The number of nitrogens with one attached hydrogen (secondary N) is 1. The van der Waals surface area contributed by atoms with Gasteiger partial charge in [0.25, 0.3) is 5.91 Å². The van der Waals surface area contributed by atoms with Crippen molar-refractivity contribution < 1.29 is 4.79 Å². The molecule has 0 spiro atoms. The standard InChI is InChI=1S/C26H29N5OS/c1-15-5-4-6-19(11-15)24-23(30-26(27)33-24)25(32)31(14-18-7-8-18)10-9-22-28-20-12-16(2)17(3)13-21(20)29-22/h4-6,11-13,18H,7-10,14H2,1-3H3,(H2,27,30)(H,28,29). The minimum atomic E-state index is -0.0471. The molecule has 170 valence electrons. The highest BCUT2D eigenvalue weighted by atomic mass is 32.1. The predicted molar refractivity (Wildman–Crippen MR) is 135 cm³/mol. The molecule has 0 bridgehead atoms. The van der Waals surface area contributed by atoms with Gasteiger partial charge < -0.3 is 15.6 Å². The molecule has 2 aromatic carbocycles. The van der Waals surface area contributed by atoms with E-state index in [0.717, 1.165) is 39.4 Å². The molecule has 5 rings (SSSR count). The quantitative estimate of drug-likeness (QED) is 0.393. The number of carbonyl (C=O) groups is 1. The first kappa shape index (κ1) is 21.6. The number of nitrogen functional groups attached to an aromatic ring is 1. The molecule has 1 amide bonds. The van der Waals surface area contributed by atoms with Crippen LogP contribution in [0.4, 0.5) is 5.13 Å². The van der Waals surface area contributed by atoms with Gasteiger partial charge in [-0.1, -0.05) is 41.2 Å². The van der Waals surface area contributed by atoms with E-state index in [9.17, 15) is 4.79 Å². The molecular formula is C26H29N5OS. The highest BCUT2D eigenvalue weighted by Gasteiger charge is 2.30. The van der Waals surface area contributed by atoms with Gasteiger partial charge in [0.05, 0.1) is 15.9 Å². The summed E-state index contributed by atoms with van der Waals surface area (Å²) in [4.78, 5) is 29.1. The summed E-state index contributed by atoms with van der Waals surface area (Å²) in [7, 11) is 0. The zero-order valence-electron chi connectivity index (χ0n) is 19.3. The summed E-state index contributed by atoms with van der Waals surface area (Å²) < 4.78 is 0. The minimum Gasteiger partial charge on any atom is -0.375 e. The lowest BCUT2D eigenvalue weighted by Gasteiger charge is -2.22. The number of hydrogen-bond donors (Lipinski definition) is 2. The van der Waals surface area contributed by atoms with Crippen molar-refractivity contribution in [2.45, 2.75) is 40.0 Å². The average molecular weight is 460 g/mol. The lowest BCUT2D eigenvalue weighted by atomic mass is 10.1. The van der Waals surface area contributed by atoms with Crippen LogP contribution in [0.3, 0.4) is 0 Å². The second-order valence-corrected chi connectivity index (χ2v) is 10.2. The average Bonchev–Trinajstić information content (AvgIpc) is 3.39. The lowest BCUT2D eigenvalue weighted by Crippen LogP contribution is -2.35. The van der Waals surface area contributed by atoms with E-state index < -0.39 is 0 Å². The van der Waals surface area contributed by atoms with E-state index in [4.69, 9.17) is 10.7 Å². The number of anilines is 1. The SMILES string of the molecule is Cc1cccc(-c2sc(N)nc2C(=O)N(CCc2nc3cc(C)c(C)cc3[nH]2)CC2CC2)c1. The molecule has 0 atom stereocenters. The summed E-state index contributed by atoms with van der Waals surface area (Å²) in [5, 5.41) is 0.421. The number of imidazole rings is 1. The number of aromatic nitrogens is 3. The second-order valence-electron chi connectivity index (χ2n) is 9.18. The molecule has 2 heterocycles. The number of hydrogen-bond acceptors (Lipinski definition) is 5. The Morgan fingerprint density at radius 2 is 1.94 bits per heavy atom. The van der Waals surface area contributed by atoms with Crippen LogP contribution < -0.4 is 5.73 Å². The van der Waals surface area contributed by atoms with Gasteiger partial charge >= 0.3 is 0 Å². The van der Waals surface area contributed by atoms with E-state index in [1.165, 1.54) is 35.3 Å². The van der Waals surface area contributed by atoms with Gasteiger partial charge in [-0.15, -0.1) is 0 Å². The summed E-state index contributed by atoms with van der Waals surface area (Å²) in [6.45, 7) is 7.60. The molecular weight excluding hydrogens is 430 g/mol.